The second-order valence-electron chi connectivity index (χ2n) is 4.85. The number of hydrogen-bond donors (Lipinski definition) is 0. The van der Waals surface area contributed by atoms with Gasteiger partial charge in [0.15, 0.2) is 0 Å². The minimum atomic E-state index is -1.08. The van der Waals surface area contributed by atoms with E-state index in [4.69, 9.17) is 9.90 Å². The van der Waals surface area contributed by atoms with Crippen molar-refractivity contribution in [2.45, 2.75) is 45.4 Å². The number of carbonyl (C=O) groups excluding carboxylic acids is 1. The van der Waals surface area contributed by atoms with Gasteiger partial charge in [0.2, 0.25) is 0 Å². The minimum Gasteiger partial charge on any atom is -0.550 e. The third kappa shape index (κ3) is 4.65. The van der Waals surface area contributed by atoms with Gasteiger partial charge in [-0.3, -0.25) is 0 Å². The van der Waals surface area contributed by atoms with Gasteiger partial charge in [-0.2, -0.15) is 0 Å². The van der Waals surface area contributed by atoms with Crippen LogP contribution in [0.1, 0.15) is 45.4 Å². The number of quaternary nitrogens is 1. The summed E-state index contributed by atoms with van der Waals surface area (Å²) in [6.07, 6.45) is 9.00. The molecule has 0 saturated carbocycles. The molecule has 2 aliphatic rings. The molecule has 3 heteroatoms. The van der Waals surface area contributed by atoms with E-state index >= 15 is 0 Å². The van der Waals surface area contributed by atoms with Gasteiger partial charge in [0.1, 0.15) is 0 Å². The summed E-state index contributed by atoms with van der Waals surface area (Å²) in [5.74, 6) is -1.08. The van der Waals surface area contributed by atoms with E-state index in [1.54, 1.807) is 0 Å². The first-order valence-electron chi connectivity index (χ1n) is 6.17. The highest BCUT2D eigenvalue weighted by atomic mass is 16.4. The zero-order valence-electron chi connectivity index (χ0n) is 9.83. The molecule has 0 atom stereocenters. The summed E-state index contributed by atoms with van der Waals surface area (Å²) in [5.41, 5.74) is 0. The number of piperidine rings is 2. The standard InChI is InChI=1S/C10H20N.C2H4O2/c1-3-7-11(8-4-1)9-5-2-6-10-11;1-2(3)4/h1-10H2;1H3,(H,3,4)/q+1;/p-1. The van der Waals surface area contributed by atoms with Crippen molar-refractivity contribution in [3.63, 3.8) is 0 Å². The van der Waals surface area contributed by atoms with Crippen molar-refractivity contribution in [2.75, 3.05) is 26.2 Å². The lowest BCUT2D eigenvalue weighted by Crippen LogP contribution is -2.54. The second-order valence-corrected chi connectivity index (χ2v) is 4.85. The SMILES string of the molecule is C1CC[N+]2(CC1)CCCCC2.CC(=O)[O-]. The van der Waals surface area contributed by atoms with Gasteiger partial charge in [0.05, 0.1) is 26.2 Å². The molecule has 0 radical (unpaired) electrons. The Balaban J connectivity index is 0.000000245. The summed E-state index contributed by atoms with van der Waals surface area (Å²) >= 11 is 0. The van der Waals surface area contributed by atoms with Gasteiger partial charge in [-0.1, -0.05) is 0 Å². The number of carbonyl (C=O) groups is 1. The van der Waals surface area contributed by atoms with Gasteiger partial charge < -0.3 is 14.4 Å². The summed E-state index contributed by atoms with van der Waals surface area (Å²) in [6, 6.07) is 0. The van der Waals surface area contributed by atoms with Crippen molar-refractivity contribution in [2.24, 2.45) is 0 Å². The van der Waals surface area contributed by atoms with E-state index in [1.807, 2.05) is 0 Å². The van der Waals surface area contributed by atoms with Gasteiger partial charge in [0.25, 0.3) is 0 Å². The summed E-state index contributed by atoms with van der Waals surface area (Å²) in [4.78, 5) is 8.89. The number of hydrogen-bond acceptors (Lipinski definition) is 2. The third-order valence-electron chi connectivity index (χ3n) is 3.53. The topological polar surface area (TPSA) is 40.1 Å². The maximum absolute atomic E-state index is 8.89. The van der Waals surface area contributed by atoms with Crippen LogP contribution >= 0.6 is 0 Å². The van der Waals surface area contributed by atoms with Crippen molar-refractivity contribution in [1.29, 1.82) is 0 Å². The number of carboxylic acid groups (broad SMARTS) is 1. The summed E-state index contributed by atoms with van der Waals surface area (Å²) in [7, 11) is 0. The van der Waals surface area contributed by atoms with Crippen molar-refractivity contribution in [3.8, 4) is 0 Å². The van der Waals surface area contributed by atoms with Crippen LogP contribution in [0, 0.1) is 0 Å². The third-order valence-corrected chi connectivity index (χ3v) is 3.53. The Kier molecular flexibility index (Phi) is 5.09. The largest absolute Gasteiger partial charge is 0.550 e. The molecule has 88 valence electrons. The van der Waals surface area contributed by atoms with E-state index in [1.165, 1.54) is 69.2 Å². The Morgan fingerprint density at radius 2 is 1.13 bits per heavy atom. The van der Waals surface area contributed by atoms with E-state index in [0.717, 1.165) is 6.92 Å². The normalized spacial score (nSPS) is 24.1. The molecule has 0 aromatic carbocycles. The summed E-state index contributed by atoms with van der Waals surface area (Å²) < 4.78 is 1.50. The van der Waals surface area contributed by atoms with E-state index in [-0.39, 0.29) is 0 Å². The van der Waals surface area contributed by atoms with Crippen LogP contribution in [0.5, 0.6) is 0 Å². The van der Waals surface area contributed by atoms with Crippen molar-refractivity contribution in [1.82, 2.24) is 0 Å². The van der Waals surface area contributed by atoms with Crippen molar-refractivity contribution in [3.05, 3.63) is 0 Å². The van der Waals surface area contributed by atoms with E-state index in [0.29, 0.717) is 0 Å². The number of nitrogens with zero attached hydrogens (tertiary/aromatic N) is 1. The molecule has 2 heterocycles. The number of aliphatic carboxylic acids is 1. The molecule has 15 heavy (non-hydrogen) atoms. The Morgan fingerprint density at radius 3 is 1.40 bits per heavy atom. The van der Waals surface area contributed by atoms with Crippen LogP contribution in [-0.4, -0.2) is 36.6 Å². The maximum atomic E-state index is 8.89. The highest BCUT2D eigenvalue weighted by molar-refractivity contribution is 5.60. The maximum Gasteiger partial charge on any atom is 0.0786 e. The smallest absolute Gasteiger partial charge is 0.0786 e. The van der Waals surface area contributed by atoms with Gasteiger partial charge in [-0.25, -0.2) is 0 Å². The molecule has 3 nitrogen and oxygen atoms in total. The van der Waals surface area contributed by atoms with Gasteiger partial charge in [-0.05, 0) is 45.4 Å². The molecule has 2 saturated heterocycles. The molecule has 0 aliphatic carbocycles. The van der Waals surface area contributed by atoms with Crippen LogP contribution in [0.2, 0.25) is 0 Å². The highest BCUT2D eigenvalue weighted by Crippen LogP contribution is 2.24. The molecule has 0 unspecified atom stereocenters. The molecule has 2 fully saturated rings. The van der Waals surface area contributed by atoms with Crippen LogP contribution < -0.4 is 5.11 Å². The molecular weight excluding hydrogens is 190 g/mol. The zero-order chi connectivity index (χ0) is 11.1. The molecule has 2 aliphatic heterocycles. The lowest BCUT2D eigenvalue weighted by Gasteiger charge is -2.44. The number of carboxylic acids is 1. The Labute approximate surface area is 92.7 Å². The van der Waals surface area contributed by atoms with Crippen LogP contribution in [0.4, 0.5) is 0 Å². The molecule has 0 aromatic heterocycles. The summed E-state index contributed by atoms with van der Waals surface area (Å²) in [5, 5.41) is 8.89. The average molecular weight is 213 g/mol. The zero-order valence-corrected chi connectivity index (χ0v) is 9.83. The highest BCUT2D eigenvalue weighted by Gasteiger charge is 2.30. The fourth-order valence-corrected chi connectivity index (χ4v) is 2.81. The Hall–Kier alpha value is -0.570. The monoisotopic (exact) mass is 213 g/mol. The van der Waals surface area contributed by atoms with Crippen LogP contribution in [-0.2, 0) is 4.79 Å². The molecular formula is C12H23NO2. The van der Waals surface area contributed by atoms with E-state index < -0.39 is 5.97 Å². The number of rotatable bonds is 0. The van der Waals surface area contributed by atoms with Gasteiger partial charge in [-0.15, -0.1) is 0 Å². The van der Waals surface area contributed by atoms with Crippen LogP contribution in [0.15, 0.2) is 0 Å². The first-order valence-corrected chi connectivity index (χ1v) is 6.17. The molecule has 0 N–H and O–H groups in total. The predicted molar refractivity (Wildman–Crippen MR) is 58.1 cm³/mol. The van der Waals surface area contributed by atoms with E-state index in [2.05, 4.69) is 0 Å². The lowest BCUT2D eigenvalue weighted by molar-refractivity contribution is -0.936. The predicted octanol–water partition coefficient (Wildman–Crippen LogP) is 0.927. The average Bonchev–Trinajstić information content (AvgIpc) is 2.19. The van der Waals surface area contributed by atoms with Crippen molar-refractivity contribution < 1.29 is 14.4 Å². The van der Waals surface area contributed by atoms with Gasteiger partial charge >= 0.3 is 0 Å². The molecule has 0 aromatic rings. The first kappa shape index (κ1) is 12.5. The quantitative estimate of drug-likeness (QED) is 0.562. The second kappa shape index (κ2) is 6.11. The summed E-state index contributed by atoms with van der Waals surface area (Å²) in [6.45, 7) is 6.97. The van der Waals surface area contributed by atoms with Crippen LogP contribution in [0.3, 0.4) is 0 Å². The molecule has 0 amide bonds. The Bertz CT molecular complexity index is 168. The fourth-order valence-electron chi connectivity index (χ4n) is 2.81. The minimum absolute atomic E-state index is 0.972. The lowest BCUT2D eigenvalue weighted by atomic mass is 10.0. The fraction of sp³-hybridized carbons (Fsp3) is 0.917. The molecule has 1 spiro atoms. The van der Waals surface area contributed by atoms with Crippen molar-refractivity contribution >= 4 is 5.97 Å². The molecule has 2 rings (SSSR count). The molecule has 0 bridgehead atoms. The van der Waals surface area contributed by atoms with E-state index in [9.17, 15) is 0 Å². The van der Waals surface area contributed by atoms with Gasteiger partial charge in [0, 0.05) is 5.97 Å². The first-order chi connectivity index (χ1) is 7.15. The Morgan fingerprint density at radius 1 is 0.867 bits per heavy atom. The van der Waals surface area contributed by atoms with Crippen LogP contribution in [0.25, 0.3) is 0 Å².